The number of ether oxygens (including phenoxy) is 2. The van der Waals surface area contributed by atoms with E-state index in [4.69, 9.17) is 9.47 Å². The van der Waals surface area contributed by atoms with Gasteiger partial charge in [0.15, 0.2) is 11.5 Å². The van der Waals surface area contributed by atoms with E-state index in [9.17, 15) is 9.59 Å². The fraction of sp³-hybridized carbons (Fsp3) is 0.310. The van der Waals surface area contributed by atoms with E-state index in [-0.39, 0.29) is 11.7 Å². The highest BCUT2D eigenvalue weighted by atomic mass is 16.6. The molecule has 3 rings (SSSR count). The molecule has 0 aliphatic carbocycles. The van der Waals surface area contributed by atoms with Crippen LogP contribution in [0.2, 0.25) is 0 Å². The Kier molecular flexibility index (Phi) is 8.42. The third-order valence-electron chi connectivity index (χ3n) is 5.46. The average Bonchev–Trinajstić information content (AvgIpc) is 2.81. The first-order valence-corrected chi connectivity index (χ1v) is 11.6. The average molecular weight is 445 g/mol. The van der Waals surface area contributed by atoms with Crippen molar-refractivity contribution in [3.05, 3.63) is 95.1 Å². The maximum absolute atomic E-state index is 12.9. The van der Waals surface area contributed by atoms with E-state index in [0.717, 1.165) is 30.4 Å². The van der Waals surface area contributed by atoms with Crippen molar-refractivity contribution in [1.82, 2.24) is 0 Å². The lowest BCUT2D eigenvalue weighted by molar-refractivity contribution is 0.0680. The summed E-state index contributed by atoms with van der Waals surface area (Å²) in [5, 5.41) is 0. The highest BCUT2D eigenvalue weighted by molar-refractivity contribution is 5.93. The Labute approximate surface area is 196 Å². The van der Waals surface area contributed by atoms with Crippen LogP contribution in [-0.4, -0.2) is 11.9 Å². The van der Waals surface area contributed by atoms with Crippen LogP contribution in [0.15, 0.2) is 72.8 Å². The lowest BCUT2D eigenvalue weighted by atomic mass is 9.95. The maximum Gasteiger partial charge on any atom is 0.343 e. The minimum Gasteiger partial charge on any atom is -0.419 e. The summed E-state index contributed by atoms with van der Waals surface area (Å²) in [6.45, 7) is 8.55. The Hall–Kier alpha value is -3.40. The molecule has 0 N–H and O–H groups in total. The molecule has 0 fully saturated rings. The number of carbonyl (C=O) groups excluding carboxylic acids is 2. The second-order valence-corrected chi connectivity index (χ2v) is 8.96. The first-order chi connectivity index (χ1) is 15.8. The fourth-order valence-electron chi connectivity index (χ4n) is 3.55. The Morgan fingerprint density at radius 1 is 0.758 bits per heavy atom. The SMILES string of the molecule is CC(C)CCCc1cc(C(C)C)cc(OC(=O)c2ccccc2)c1OC(=O)c1ccccc1. The monoisotopic (exact) mass is 444 g/mol. The number of rotatable bonds is 9. The molecule has 0 aromatic heterocycles. The second kappa shape index (κ2) is 11.5. The first-order valence-electron chi connectivity index (χ1n) is 11.6. The standard InChI is InChI=1S/C29H32O4/c1-20(2)12-11-17-24-18-25(21(3)4)19-26(32-28(30)22-13-7-5-8-14-22)27(24)33-29(31)23-15-9-6-10-16-23/h5-10,13-16,18-21H,11-12,17H2,1-4H3. The molecule has 33 heavy (non-hydrogen) atoms. The Morgan fingerprint density at radius 3 is 1.82 bits per heavy atom. The van der Waals surface area contributed by atoms with Gasteiger partial charge in [-0.25, -0.2) is 9.59 Å². The fourth-order valence-corrected chi connectivity index (χ4v) is 3.55. The van der Waals surface area contributed by atoms with E-state index in [1.54, 1.807) is 48.5 Å². The number of esters is 2. The lowest BCUT2D eigenvalue weighted by Gasteiger charge is -2.18. The van der Waals surface area contributed by atoms with Crippen LogP contribution in [0.25, 0.3) is 0 Å². The number of hydrogen-bond acceptors (Lipinski definition) is 4. The van der Waals surface area contributed by atoms with Crippen LogP contribution in [-0.2, 0) is 6.42 Å². The topological polar surface area (TPSA) is 52.6 Å². The van der Waals surface area contributed by atoms with Crippen molar-refractivity contribution in [2.45, 2.75) is 52.9 Å². The highest BCUT2D eigenvalue weighted by Crippen LogP contribution is 2.37. The minimum absolute atomic E-state index is 0.224. The summed E-state index contributed by atoms with van der Waals surface area (Å²) < 4.78 is 11.7. The van der Waals surface area contributed by atoms with Gasteiger partial charge in [-0.1, -0.05) is 76.6 Å². The van der Waals surface area contributed by atoms with Gasteiger partial charge in [0.25, 0.3) is 0 Å². The van der Waals surface area contributed by atoms with Gasteiger partial charge in [0.2, 0.25) is 0 Å². The van der Waals surface area contributed by atoms with Crippen molar-refractivity contribution in [3.63, 3.8) is 0 Å². The maximum atomic E-state index is 12.9. The molecule has 0 aliphatic heterocycles. The van der Waals surface area contributed by atoms with E-state index in [2.05, 4.69) is 33.8 Å². The number of carbonyl (C=O) groups is 2. The molecule has 4 nitrogen and oxygen atoms in total. The zero-order valence-corrected chi connectivity index (χ0v) is 19.8. The molecule has 0 heterocycles. The largest absolute Gasteiger partial charge is 0.419 e. The molecule has 4 heteroatoms. The summed E-state index contributed by atoms with van der Waals surface area (Å²) in [5.41, 5.74) is 2.79. The molecule has 3 aromatic rings. The van der Waals surface area contributed by atoms with Crippen LogP contribution in [0.4, 0.5) is 0 Å². The van der Waals surface area contributed by atoms with Crippen LogP contribution >= 0.6 is 0 Å². The molecular weight excluding hydrogens is 412 g/mol. The van der Waals surface area contributed by atoms with Gasteiger partial charge in [-0.15, -0.1) is 0 Å². The Morgan fingerprint density at radius 2 is 1.30 bits per heavy atom. The molecule has 0 spiro atoms. The van der Waals surface area contributed by atoms with Gasteiger partial charge in [0.1, 0.15) is 0 Å². The van der Waals surface area contributed by atoms with Crippen LogP contribution < -0.4 is 9.47 Å². The van der Waals surface area contributed by atoms with Gasteiger partial charge in [0.05, 0.1) is 11.1 Å². The van der Waals surface area contributed by atoms with E-state index in [1.807, 2.05) is 18.2 Å². The molecule has 3 aromatic carbocycles. The molecule has 0 saturated carbocycles. The quantitative estimate of drug-likeness (QED) is 0.258. The third kappa shape index (κ3) is 6.79. The molecule has 0 amide bonds. The smallest absolute Gasteiger partial charge is 0.343 e. The van der Waals surface area contributed by atoms with Crippen LogP contribution in [0.5, 0.6) is 11.5 Å². The van der Waals surface area contributed by atoms with Crippen molar-refractivity contribution < 1.29 is 19.1 Å². The summed E-state index contributed by atoms with van der Waals surface area (Å²) in [6, 6.07) is 21.5. The minimum atomic E-state index is -0.485. The van der Waals surface area contributed by atoms with Gasteiger partial charge >= 0.3 is 11.9 Å². The molecule has 172 valence electrons. The normalized spacial score (nSPS) is 11.0. The lowest BCUT2D eigenvalue weighted by Crippen LogP contribution is -2.14. The van der Waals surface area contributed by atoms with Crippen molar-refractivity contribution in [2.24, 2.45) is 5.92 Å². The van der Waals surface area contributed by atoms with Crippen molar-refractivity contribution in [1.29, 1.82) is 0 Å². The predicted molar refractivity (Wildman–Crippen MR) is 131 cm³/mol. The molecular formula is C29H32O4. The van der Waals surface area contributed by atoms with Gasteiger partial charge in [-0.2, -0.15) is 0 Å². The zero-order chi connectivity index (χ0) is 23.8. The number of aryl methyl sites for hydroxylation is 1. The first kappa shape index (κ1) is 24.2. The van der Waals surface area contributed by atoms with Crippen LogP contribution in [0.3, 0.4) is 0 Å². The summed E-state index contributed by atoms with van der Waals surface area (Å²) in [5.74, 6) is 0.433. The van der Waals surface area contributed by atoms with Crippen molar-refractivity contribution in [3.8, 4) is 11.5 Å². The van der Waals surface area contributed by atoms with Crippen LogP contribution in [0, 0.1) is 5.92 Å². The van der Waals surface area contributed by atoms with Crippen molar-refractivity contribution in [2.75, 3.05) is 0 Å². The zero-order valence-electron chi connectivity index (χ0n) is 19.8. The number of hydrogen-bond donors (Lipinski definition) is 0. The van der Waals surface area contributed by atoms with Gasteiger partial charge in [0, 0.05) is 0 Å². The van der Waals surface area contributed by atoms with E-state index < -0.39 is 11.9 Å². The van der Waals surface area contributed by atoms with Gasteiger partial charge < -0.3 is 9.47 Å². The summed E-state index contributed by atoms with van der Waals surface area (Å²) in [4.78, 5) is 25.8. The second-order valence-electron chi connectivity index (χ2n) is 8.96. The van der Waals surface area contributed by atoms with E-state index >= 15 is 0 Å². The number of benzene rings is 3. The molecule has 0 radical (unpaired) electrons. The molecule has 0 aliphatic rings. The van der Waals surface area contributed by atoms with Crippen LogP contribution in [0.1, 0.15) is 78.3 Å². The summed E-state index contributed by atoms with van der Waals surface area (Å²) in [6.07, 6.45) is 2.73. The summed E-state index contributed by atoms with van der Waals surface area (Å²) in [7, 11) is 0. The van der Waals surface area contributed by atoms with E-state index in [1.165, 1.54) is 0 Å². The molecule has 0 bridgehead atoms. The van der Waals surface area contributed by atoms with Crippen molar-refractivity contribution >= 4 is 11.9 Å². The molecule has 0 unspecified atom stereocenters. The molecule has 0 saturated heterocycles. The highest BCUT2D eigenvalue weighted by Gasteiger charge is 2.22. The summed E-state index contributed by atoms with van der Waals surface area (Å²) >= 11 is 0. The molecule has 0 atom stereocenters. The van der Waals surface area contributed by atoms with Gasteiger partial charge in [-0.3, -0.25) is 0 Å². The predicted octanol–water partition coefficient (Wildman–Crippen LogP) is 7.23. The Balaban J connectivity index is 2.01. The third-order valence-corrected chi connectivity index (χ3v) is 5.46. The van der Waals surface area contributed by atoms with E-state index in [0.29, 0.717) is 22.8 Å². The Bertz CT molecular complexity index is 1070. The van der Waals surface area contributed by atoms with Gasteiger partial charge in [-0.05, 0) is 66.1 Å².